The van der Waals surface area contributed by atoms with Crippen LogP contribution in [0, 0.1) is 10.1 Å². The normalized spacial score (nSPS) is 11.0. The second-order valence-corrected chi connectivity index (χ2v) is 3.19. The number of hydrogen-bond acceptors (Lipinski definition) is 7. The Kier molecular flexibility index (Phi) is 12.1. The standard InChI is InChI=1S/C5H5N3O2.C5H4N3O2.Co.H2O/c2*9-5(8-10)4-3-6-1-2-7-4;;/h1-3,6-7H;1-3H,(H-,6,7,8,9,10);;1H2/q;-1;+2;/p+1. The van der Waals surface area contributed by atoms with Crippen molar-refractivity contribution in [3.63, 3.8) is 0 Å². The molecular formula is C10H12CoN6O5+2. The molecule has 11 nitrogen and oxygen atoms in total. The first-order valence-corrected chi connectivity index (χ1v) is 5.22. The zero-order chi connectivity index (χ0) is 14.8. The molecule has 2 heterocycles. The van der Waals surface area contributed by atoms with Crippen LogP contribution in [0.15, 0.2) is 48.1 Å². The third-order valence-electron chi connectivity index (χ3n) is 1.91. The predicted molar refractivity (Wildman–Crippen MR) is 69.6 cm³/mol. The third-order valence-corrected chi connectivity index (χ3v) is 1.91. The molecule has 0 fully saturated rings. The summed E-state index contributed by atoms with van der Waals surface area (Å²) >= 11 is 0. The number of nitroso groups, excluding NO2 is 1. The van der Waals surface area contributed by atoms with Crippen LogP contribution in [0.5, 0.6) is 0 Å². The van der Waals surface area contributed by atoms with Crippen molar-refractivity contribution in [2.45, 2.75) is 0 Å². The molecule has 1 aliphatic rings. The van der Waals surface area contributed by atoms with Crippen LogP contribution in [0.2, 0.25) is 0 Å². The van der Waals surface area contributed by atoms with E-state index in [0.717, 1.165) is 0 Å². The van der Waals surface area contributed by atoms with Crippen molar-refractivity contribution in [1.29, 1.82) is 0 Å². The summed E-state index contributed by atoms with van der Waals surface area (Å²) in [5, 5.41) is 16.2. The molecule has 22 heavy (non-hydrogen) atoms. The smallest absolute Gasteiger partial charge is 0.759 e. The molecule has 0 saturated carbocycles. The number of hydrogen-bond donors (Lipinski definition) is 3. The van der Waals surface area contributed by atoms with Crippen molar-refractivity contribution in [3.8, 4) is 0 Å². The monoisotopic (exact) mass is 355 g/mol. The summed E-state index contributed by atoms with van der Waals surface area (Å²) in [5.74, 6) is -1.55. The van der Waals surface area contributed by atoms with Gasteiger partial charge in [-0.1, -0.05) is 0 Å². The number of amides is 2. The molecule has 1 aromatic rings. The Labute approximate surface area is 134 Å². The van der Waals surface area contributed by atoms with Crippen LogP contribution in [-0.2, 0) is 21.6 Å². The maximum absolute atomic E-state index is 10.5. The molecule has 6 N–H and O–H groups in total. The van der Waals surface area contributed by atoms with Gasteiger partial charge in [-0.25, -0.2) is 4.98 Å². The Hall–Kier alpha value is -2.51. The minimum Gasteiger partial charge on any atom is -0.759 e. The fraction of sp³-hybridized carbons (Fsp3) is 0. The molecular weight excluding hydrogens is 343 g/mol. The van der Waals surface area contributed by atoms with E-state index in [1.54, 1.807) is 17.7 Å². The Bertz CT molecular complexity index is 550. The van der Waals surface area contributed by atoms with Gasteiger partial charge in [-0.15, -0.1) is 4.91 Å². The molecule has 1 aliphatic heterocycles. The van der Waals surface area contributed by atoms with Crippen LogP contribution in [-0.4, -0.2) is 27.3 Å². The van der Waals surface area contributed by atoms with E-state index < -0.39 is 11.8 Å². The van der Waals surface area contributed by atoms with Gasteiger partial charge in [0.05, 0.1) is 12.4 Å². The first-order valence-electron chi connectivity index (χ1n) is 5.22. The zero-order valence-corrected chi connectivity index (χ0v) is 11.9. The Morgan fingerprint density at radius 3 is 2.55 bits per heavy atom. The molecule has 0 atom stereocenters. The number of quaternary nitrogens is 1. The SMILES string of the molecule is O.O=C(N[O-])c1cnccn1.O=NC(=O)C1=C[NH2+]C=CN1.[Co+2]. The maximum atomic E-state index is 10.5. The number of carbonyl (C=O) groups excluding carboxylic acids is 2. The van der Waals surface area contributed by atoms with Gasteiger partial charge in [0.15, 0.2) is 5.70 Å². The van der Waals surface area contributed by atoms with Gasteiger partial charge in [-0.2, -0.15) is 0 Å². The molecule has 12 heteroatoms. The minimum atomic E-state index is -0.777. The largest absolute Gasteiger partial charge is 2.00 e. The van der Waals surface area contributed by atoms with E-state index in [4.69, 9.17) is 0 Å². The average molecular weight is 355 g/mol. The molecule has 2 amide bonds. The first-order chi connectivity index (χ1) is 9.69. The van der Waals surface area contributed by atoms with Crippen molar-refractivity contribution in [2.24, 2.45) is 5.18 Å². The van der Waals surface area contributed by atoms with E-state index in [-0.39, 0.29) is 33.6 Å². The number of carbonyl (C=O) groups is 2. The Morgan fingerprint density at radius 1 is 1.36 bits per heavy atom. The summed E-state index contributed by atoms with van der Waals surface area (Å²) in [6, 6.07) is 0. The summed E-state index contributed by atoms with van der Waals surface area (Å²) in [5.41, 5.74) is 1.42. The molecule has 0 unspecified atom stereocenters. The maximum Gasteiger partial charge on any atom is 2.00 e. The summed E-state index contributed by atoms with van der Waals surface area (Å²) in [7, 11) is 0. The van der Waals surface area contributed by atoms with Crippen molar-refractivity contribution >= 4 is 11.8 Å². The molecule has 2 rings (SSSR count). The van der Waals surface area contributed by atoms with E-state index in [1.807, 2.05) is 0 Å². The van der Waals surface area contributed by atoms with E-state index in [0.29, 0.717) is 0 Å². The van der Waals surface area contributed by atoms with E-state index in [2.05, 4.69) is 20.5 Å². The van der Waals surface area contributed by atoms with Crippen LogP contribution in [0.25, 0.3) is 0 Å². The molecule has 0 bridgehead atoms. The second kappa shape index (κ2) is 12.2. The number of aromatic nitrogens is 2. The van der Waals surface area contributed by atoms with Crippen molar-refractivity contribution in [1.82, 2.24) is 20.8 Å². The van der Waals surface area contributed by atoms with Gasteiger partial charge in [0, 0.05) is 17.6 Å². The number of nitrogens with one attached hydrogen (secondary N) is 2. The van der Waals surface area contributed by atoms with Crippen LogP contribution >= 0.6 is 0 Å². The van der Waals surface area contributed by atoms with Crippen molar-refractivity contribution in [3.05, 3.63) is 58.7 Å². The van der Waals surface area contributed by atoms with Crippen molar-refractivity contribution in [2.75, 3.05) is 0 Å². The quantitative estimate of drug-likeness (QED) is 0.391. The van der Waals surface area contributed by atoms with Gasteiger partial charge >= 0.3 is 22.7 Å². The van der Waals surface area contributed by atoms with Crippen molar-refractivity contribution < 1.29 is 37.2 Å². The summed E-state index contributed by atoms with van der Waals surface area (Å²) in [4.78, 5) is 37.8. The van der Waals surface area contributed by atoms with Gasteiger partial charge in [-0.3, -0.25) is 19.9 Å². The minimum absolute atomic E-state index is 0. The zero-order valence-electron chi connectivity index (χ0n) is 10.8. The predicted octanol–water partition coefficient (Wildman–Crippen LogP) is -2.36. The number of nitrogens with two attached hydrogens (primary N) is 1. The Morgan fingerprint density at radius 2 is 2.09 bits per heavy atom. The number of rotatable bonds is 2. The Balaban J connectivity index is 0. The van der Waals surface area contributed by atoms with E-state index in [1.165, 1.54) is 30.3 Å². The topological polar surface area (TPSA) is 185 Å². The van der Waals surface area contributed by atoms with Gasteiger partial charge in [0.2, 0.25) is 0 Å². The van der Waals surface area contributed by atoms with Crippen LogP contribution in [0.3, 0.4) is 0 Å². The summed E-state index contributed by atoms with van der Waals surface area (Å²) in [6.45, 7) is 0. The summed E-state index contributed by atoms with van der Waals surface area (Å²) < 4.78 is 0. The average Bonchev–Trinajstić information content (AvgIpc) is 2.55. The van der Waals surface area contributed by atoms with Crippen LogP contribution in [0.4, 0.5) is 0 Å². The van der Waals surface area contributed by atoms with Gasteiger partial charge < -0.3 is 21.5 Å². The van der Waals surface area contributed by atoms with E-state index >= 15 is 0 Å². The fourth-order valence-corrected chi connectivity index (χ4v) is 1.04. The number of nitrogens with zero attached hydrogens (tertiary/aromatic N) is 3. The van der Waals surface area contributed by atoms with Gasteiger partial charge in [0.1, 0.15) is 18.1 Å². The molecule has 0 spiro atoms. The van der Waals surface area contributed by atoms with Gasteiger partial charge in [-0.05, 0) is 0 Å². The third kappa shape index (κ3) is 7.32. The molecule has 1 aromatic heterocycles. The number of hydroxylamine groups is 1. The van der Waals surface area contributed by atoms with Crippen LogP contribution < -0.4 is 16.1 Å². The second-order valence-electron chi connectivity index (χ2n) is 3.19. The molecule has 1 radical (unpaired) electrons. The molecule has 0 aliphatic carbocycles. The first kappa shape index (κ1) is 21.8. The molecule has 119 valence electrons. The molecule has 0 aromatic carbocycles. The fourth-order valence-electron chi connectivity index (χ4n) is 1.04. The molecule has 0 saturated heterocycles. The van der Waals surface area contributed by atoms with E-state index in [9.17, 15) is 19.7 Å². The summed E-state index contributed by atoms with van der Waals surface area (Å²) in [6.07, 6.45) is 8.73. The van der Waals surface area contributed by atoms with Gasteiger partial charge in [0.25, 0.3) is 5.91 Å². The van der Waals surface area contributed by atoms with Crippen LogP contribution in [0.1, 0.15) is 10.5 Å².